The molecule has 164 valence electrons. The summed E-state index contributed by atoms with van der Waals surface area (Å²) in [5.41, 5.74) is -2.25. The topological polar surface area (TPSA) is 111 Å². The van der Waals surface area contributed by atoms with E-state index < -0.39 is 27.3 Å². The standard InChI is InChI=1S/C19H18F3N5O3S/c1-5-31(28,29)14-8-11(30-18(2,3)10-23)6-7-12(14)16-24-13-9-15(19(20,21)22)25-26-17(13)27(16)4/h6-9H,5H2,1-4H3. The molecule has 2 heterocycles. The maximum Gasteiger partial charge on any atom is 0.435 e. The molecule has 0 spiro atoms. The highest BCUT2D eigenvalue weighted by molar-refractivity contribution is 7.91. The van der Waals surface area contributed by atoms with Crippen LogP contribution in [0.4, 0.5) is 13.2 Å². The lowest BCUT2D eigenvalue weighted by molar-refractivity contribution is -0.141. The molecule has 3 rings (SSSR count). The minimum absolute atomic E-state index is 0.0637. The van der Waals surface area contributed by atoms with Crippen LogP contribution >= 0.6 is 0 Å². The molecule has 0 saturated heterocycles. The summed E-state index contributed by atoms with van der Waals surface area (Å²) in [6.45, 7) is 4.51. The van der Waals surface area contributed by atoms with Crippen molar-refractivity contribution in [2.24, 2.45) is 7.05 Å². The van der Waals surface area contributed by atoms with Crippen molar-refractivity contribution in [3.05, 3.63) is 30.0 Å². The van der Waals surface area contributed by atoms with Gasteiger partial charge in [-0.3, -0.25) is 0 Å². The molecule has 1 aromatic carbocycles. The second-order valence-electron chi connectivity index (χ2n) is 7.22. The molecule has 0 unspecified atom stereocenters. The minimum atomic E-state index is -4.69. The lowest BCUT2D eigenvalue weighted by atomic mass is 10.1. The van der Waals surface area contributed by atoms with Crippen molar-refractivity contribution in [1.82, 2.24) is 19.7 Å². The average Bonchev–Trinajstić information content (AvgIpc) is 3.03. The van der Waals surface area contributed by atoms with Crippen molar-refractivity contribution in [3.63, 3.8) is 0 Å². The zero-order valence-electron chi connectivity index (χ0n) is 17.0. The Morgan fingerprint density at radius 3 is 2.45 bits per heavy atom. The van der Waals surface area contributed by atoms with Crippen LogP contribution in [0.15, 0.2) is 29.2 Å². The van der Waals surface area contributed by atoms with E-state index in [-0.39, 0.29) is 38.9 Å². The number of nitriles is 1. The maximum atomic E-state index is 13.0. The normalized spacial score (nSPS) is 12.7. The molecule has 12 heteroatoms. The first kappa shape index (κ1) is 22.5. The molecular weight excluding hydrogens is 435 g/mol. The van der Waals surface area contributed by atoms with Crippen molar-refractivity contribution < 1.29 is 26.3 Å². The van der Waals surface area contributed by atoms with E-state index in [0.29, 0.717) is 0 Å². The molecule has 0 radical (unpaired) electrons. The van der Waals surface area contributed by atoms with Gasteiger partial charge in [0.25, 0.3) is 0 Å². The van der Waals surface area contributed by atoms with E-state index in [9.17, 15) is 21.6 Å². The van der Waals surface area contributed by atoms with Gasteiger partial charge in [0, 0.05) is 18.7 Å². The number of hydrogen-bond donors (Lipinski definition) is 0. The van der Waals surface area contributed by atoms with Crippen molar-refractivity contribution in [2.75, 3.05) is 5.75 Å². The summed E-state index contributed by atoms with van der Waals surface area (Å²) in [5.74, 6) is 0.0227. The highest BCUT2D eigenvalue weighted by Gasteiger charge is 2.34. The maximum absolute atomic E-state index is 13.0. The summed E-state index contributed by atoms with van der Waals surface area (Å²) in [4.78, 5) is 4.07. The number of benzene rings is 1. The van der Waals surface area contributed by atoms with Gasteiger partial charge in [-0.2, -0.15) is 18.4 Å². The second-order valence-corrected chi connectivity index (χ2v) is 9.46. The van der Waals surface area contributed by atoms with Gasteiger partial charge in [-0.25, -0.2) is 13.4 Å². The highest BCUT2D eigenvalue weighted by Crippen LogP contribution is 2.34. The Bertz CT molecular complexity index is 1310. The van der Waals surface area contributed by atoms with Crippen LogP contribution in [0.3, 0.4) is 0 Å². The Morgan fingerprint density at radius 2 is 1.87 bits per heavy atom. The zero-order valence-corrected chi connectivity index (χ0v) is 17.8. The molecule has 0 aliphatic rings. The summed E-state index contributed by atoms with van der Waals surface area (Å²) >= 11 is 0. The number of hydrogen-bond acceptors (Lipinski definition) is 7. The fraction of sp³-hybridized carbons (Fsp3) is 0.368. The summed E-state index contributed by atoms with van der Waals surface area (Å²) in [6.07, 6.45) is -4.69. The molecule has 31 heavy (non-hydrogen) atoms. The Hall–Kier alpha value is -3.20. The summed E-state index contributed by atoms with van der Waals surface area (Å²) in [7, 11) is -2.28. The molecule has 0 amide bonds. The van der Waals surface area contributed by atoms with Gasteiger partial charge in [0.2, 0.25) is 0 Å². The van der Waals surface area contributed by atoms with Crippen molar-refractivity contribution in [3.8, 4) is 23.2 Å². The van der Waals surface area contributed by atoms with Crippen molar-refractivity contribution in [2.45, 2.75) is 37.4 Å². The number of nitrogens with zero attached hydrogens (tertiary/aromatic N) is 5. The molecule has 0 saturated carbocycles. The molecule has 0 atom stereocenters. The van der Waals surface area contributed by atoms with Crippen LogP contribution in [0.25, 0.3) is 22.6 Å². The first-order valence-corrected chi connectivity index (χ1v) is 10.7. The summed E-state index contributed by atoms with van der Waals surface area (Å²) in [6, 6.07) is 6.89. The van der Waals surface area contributed by atoms with Gasteiger partial charge in [0.05, 0.1) is 10.6 Å². The number of alkyl halides is 3. The van der Waals surface area contributed by atoms with Crippen LogP contribution in [0, 0.1) is 11.3 Å². The van der Waals surface area contributed by atoms with Crippen LogP contribution in [0.2, 0.25) is 0 Å². The van der Waals surface area contributed by atoms with Gasteiger partial charge < -0.3 is 9.30 Å². The number of rotatable bonds is 5. The number of ether oxygens (including phenoxy) is 1. The lowest BCUT2D eigenvalue weighted by Crippen LogP contribution is -2.25. The Morgan fingerprint density at radius 1 is 1.19 bits per heavy atom. The second kappa shape index (κ2) is 7.49. The van der Waals surface area contributed by atoms with Gasteiger partial charge in [0.1, 0.15) is 23.2 Å². The fourth-order valence-electron chi connectivity index (χ4n) is 2.85. The highest BCUT2D eigenvalue weighted by atomic mass is 32.2. The number of sulfone groups is 1. The summed E-state index contributed by atoms with van der Waals surface area (Å²) in [5, 5.41) is 16.0. The number of aryl methyl sites for hydroxylation is 1. The Kier molecular flexibility index (Phi) is 5.43. The molecular formula is C19H18F3N5O3S. The van der Waals surface area contributed by atoms with Crippen LogP contribution in [0.5, 0.6) is 5.75 Å². The van der Waals surface area contributed by atoms with E-state index >= 15 is 0 Å². The zero-order chi connectivity index (χ0) is 23.2. The van der Waals surface area contributed by atoms with Gasteiger partial charge in [-0.05, 0) is 32.0 Å². The van der Waals surface area contributed by atoms with E-state index in [1.807, 2.05) is 6.07 Å². The molecule has 0 bridgehead atoms. The smallest absolute Gasteiger partial charge is 0.435 e. The predicted molar refractivity (Wildman–Crippen MR) is 105 cm³/mol. The third kappa shape index (κ3) is 4.32. The summed E-state index contributed by atoms with van der Waals surface area (Å²) < 4.78 is 71.4. The molecule has 0 N–H and O–H groups in total. The van der Waals surface area contributed by atoms with E-state index in [1.165, 1.54) is 50.6 Å². The predicted octanol–water partition coefficient (Wildman–Crippen LogP) is 3.52. The molecule has 3 aromatic rings. The van der Waals surface area contributed by atoms with Crippen LogP contribution in [0.1, 0.15) is 26.5 Å². The fourth-order valence-corrected chi connectivity index (χ4v) is 3.95. The van der Waals surface area contributed by atoms with Crippen LogP contribution in [-0.2, 0) is 23.1 Å². The van der Waals surface area contributed by atoms with Gasteiger partial charge in [0.15, 0.2) is 26.8 Å². The molecule has 0 aliphatic heterocycles. The van der Waals surface area contributed by atoms with Crippen molar-refractivity contribution >= 4 is 21.0 Å². The lowest BCUT2D eigenvalue weighted by Gasteiger charge is -2.19. The number of fused-ring (bicyclic) bond motifs is 1. The van der Waals surface area contributed by atoms with Crippen LogP contribution < -0.4 is 4.74 Å². The SMILES string of the molecule is CCS(=O)(=O)c1cc(OC(C)(C)C#N)ccc1-c1nc2cc(C(F)(F)F)nnc2n1C. The Balaban J connectivity index is 2.23. The largest absolute Gasteiger partial charge is 0.473 e. The monoisotopic (exact) mass is 453 g/mol. The van der Waals surface area contributed by atoms with Crippen molar-refractivity contribution in [1.29, 1.82) is 5.26 Å². The van der Waals surface area contributed by atoms with Gasteiger partial charge >= 0.3 is 6.18 Å². The molecule has 8 nitrogen and oxygen atoms in total. The van der Waals surface area contributed by atoms with Gasteiger partial charge in [-0.15, -0.1) is 10.2 Å². The minimum Gasteiger partial charge on any atom is -0.473 e. The first-order valence-electron chi connectivity index (χ1n) is 9.04. The van der Waals surface area contributed by atoms with Crippen LogP contribution in [-0.4, -0.2) is 39.5 Å². The first-order chi connectivity index (χ1) is 14.3. The number of imidazole rings is 1. The van der Waals surface area contributed by atoms with E-state index in [4.69, 9.17) is 10.00 Å². The van der Waals surface area contributed by atoms with E-state index in [0.717, 1.165) is 6.07 Å². The quantitative estimate of drug-likeness (QED) is 0.581. The third-order valence-corrected chi connectivity index (χ3v) is 6.23. The Labute approximate surface area is 176 Å². The number of aromatic nitrogens is 4. The van der Waals surface area contributed by atoms with Gasteiger partial charge in [-0.1, -0.05) is 6.92 Å². The third-order valence-electron chi connectivity index (χ3n) is 4.46. The average molecular weight is 453 g/mol. The van der Waals surface area contributed by atoms with E-state index in [2.05, 4.69) is 15.2 Å². The molecule has 2 aromatic heterocycles. The number of halogens is 3. The van der Waals surface area contributed by atoms with E-state index in [1.54, 1.807) is 0 Å². The molecule has 0 aliphatic carbocycles. The molecule has 0 fully saturated rings.